The molecule has 2 aromatic carbocycles. The second-order valence-electron chi connectivity index (χ2n) is 6.84. The maximum absolute atomic E-state index is 5.21. The summed E-state index contributed by atoms with van der Waals surface area (Å²) in [5.41, 5.74) is 4.70. The molecule has 4 rings (SSSR count). The molecule has 4 nitrogen and oxygen atoms in total. The van der Waals surface area contributed by atoms with Crippen LogP contribution < -0.4 is 15.4 Å². The van der Waals surface area contributed by atoms with Gasteiger partial charge in [-0.15, -0.1) is 22.7 Å². The molecule has 0 unspecified atom stereocenters. The van der Waals surface area contributed by atoms with Gasteiger partial charge in [-0.1, -0.05) is 35.9 Å². The molecule has 0 aliphatic heterocycles. The quantitative estimate of drug-likeness (QED) is 0.414. The molecule has 0 saturated carbocycles. The van der Waals surface area contributed by atoms with Crippen molar-refractivity contribution >= 4 is 33.5 Å². The van der Waals surface area contributed by atoms with E-state index in [1.54, 1.807) is 29.8 Å². The van der Waals surface area contributed by atoms with E-state index in [1.165, 1.54) is 16.0 Å². The van der Waals surface area contributed by atoms with Gasteiger partial charge in [0.25, 0.3) is 0 Å². The summed E-state index contributed by atoms with van der Waals surface area (Å²) in [6, 6.07) is 21.3. The van der Waals surface area contributed by atoms with Crippen LogP contribution >= 0.6 is 22.7 Å². The normalized spacial score (nSPS) is 11.9. The summed E-state index contributed by atoms with van der Waals surface area (Å²) in [5, 5.41) is 10.9. The fraction of sp³-hybridized carbons (Fsp3) is 0.174. The van der Waals surface area contributed by atoms with Crippen LogP contribution in [0.2, 0.25) is 0 Å². The van der Waals surface area contributed by atoms with E-state index in [2.05, 4.69) is 64.7 Å². The van der Waals surface area contributed by atoms with Crippen LogP contribution in [-0.4, -0.2) is 12.1 Å². The van der Waals surface area contributed by atoms with Gasteiger partial charge >= 0.3 is 0 Å². The van der Waals surface area contributed by atoms with Crippen LogP contribution in [-0.2, 0) is 6.54 Å². The van der Waals surface area contributed by atoms with E-state index >= 15 is 0 Å². The number of rotatable bonds is 8. The largest absolute Gasteiger partial charge is 0.497 e. The predicted molar refractivity (Wildman–Crippen MR) is 121 cm³/mol. The van der Waals surface area contributed by atoms with E-state index in [0.717, 1.165) is 28.8 Å². The van der Waals surface area contributed by atoms with E-state index in [9.17, 15) is 0 Å². The lowest BCUT2D eigenvalue weighted by molar-refractivity contribution is -0.702. The van der Waals surface area contributed by atoms with Crippen LogP contribution in [0, 0.1) is 6.92 Å². The Hall–Kier alpha value is -2.67. The lowest BCUT2D eigenvalue weighted by atomic mass is 10.0. The molecule has 0 amide bonds. The van der Waals surface area contributed by atoms with Gasteiger partial charge in [0.2, 0.25) is 0 Å². The Morgan fingerprint density at radius 2 is 1.83 bits per heavy atom. The molecule has 2 aromatic heterocycles. The molecule has 1 atom stereocenters. The van der Waals surface area contributed by atoms with E-state index < -0.39 is 0 Å². The van der Waals surface area contributed by atoms with Crippen molar-refractivity contribution in [2.75, 3.05) is 12.4 Å². The highest BCUT2D eigenvalue weighted by molar-refractivity contribution is 7.13. The highest BCUT2D eigenvalue weighted by atomic mass is 32.1. The third kappa shape index (κ3) is 5.03. The van der Waals surface area contributed by atoms with Crippen molar-refractivity contribution in [3.8, 4) is 5.75 Å². The van der Waals surface area contributed by atoms with Crippen molar-refractivity contribution in [1.82, 2.24) is 4.98 Å². The van der Waals surface area contributed by atoms with Crippen molar-refractivity contribution in [3.05, 3.63) is 93.1 Å². The number of nitrogens with two attached hydrogens (primary N) is 1. The Morgan fingerprint density at radius 1 is 1.03 bits per heavy atom. The van der Waals surface area contributed by atoms with Crippen LogP contribution in [0.1, 0.15) is 27.7 Å². The second-order valence-corrected chi connectivity index (χ2v) is 8.68. The molecule has 6 heteroatoms. The fourth-order valence-electron chi connectivity index (χ4n) is 3.15. The average Bonchev–Trinajstić information content (AvgIpc) is 3.43. The van der Waals surface area contributed by atoms with Crippen LogP contribution in [0.4, 0.5) is 10.8 Å². The Morgan fingerprint density at radius 3 is 2.52 bits per heavy atom. The molecule has 0 bridgehead atoms. The average molecular weight is 423 g/mol. The summed E-state index contributed by atoms with van der Waals surface area (Å²) in [6.45, 7) is 2.96. The number of benzene rings is 2. The summed E-state index contributed by atoms with van der Waals surface area (Å²) in [7, 11) is 1.67. The Kier molecular flexibility index (Phi) is 6.24. The SMILES string of the molecule is COc1ccc(Nc2nc(C[NH2+][C@@H](c3ccc(C)cc3)c3cccs3)cs2)cc1. The zero-order valence-electron chi connectivity index (χ0n) is 16.5. The van der Waals surface area contributed by atoms with Crippen molar-refractivity contribution in [2.24, 2.45) is 0 Å². The lowest BCUT2D eigenvalue weighted by Gasteiger charge is -2.14. The maximum Gasteiger partial charge on any atom is 0.187 e. The molecular formula is C23H24N3OS2+. The number of thiazole rings is 1. The first kappa shape index (κ1) is 19.6. The molecule has 0 radical (unpaired) electrons. The van der Waals surface area contributed by atoms with E-state index in [0.29, 0.717) is 0 Å². The molecule has 0 spiro atoms. The Labute approximate surface area is 179 Å². The zero-order valence-corrected chi connectivity index (χ0v) is 18.1. The number of quaternary nitrogens is 1. The van der Waals surface area contributed by atoms with Crippen LogP contribution in [0.15, 0.2) is 71.4 Å². The predicted octanol–water partition coefficient (Wildman–Crippen LogP) is 5.12. The number of thiophene rings is 1. The summed E-state index contributed by atoms with van der Waals surface area (Å²) < 4.78 is 5.21. The number of aromatic nitrogens is 1. The number of methoxy groups -OCH3 is 1. The summed E-state index contributed by atoms with van der Waals surface area (Å²) in [4.78, 5) is 6.12. The van der Waals surface area contributed by atoms with Gasteiger partial charge in [-0.3, -0.25) is 0 Å². The Bertz CT molecular complexity index is 1020. The van der Waals surface area contributed by atoms with Crippen LogP contribution in [0.5, 0.6) is 5.75 Å². The van der Waals surface area contributed by atoms with Gasteiger partial charge in [-0.05, 0) is 42.6 Å². The summed E-state index contributed by atoms with van der Waals surface area (Å²) >= 11 is 3.43. The topological polar surface area (TPSA) is 50.8 Å². The monoisotopic (exact) mass is 422 g/mol. The van der Waals surface area contributed by atoms with Gasteiger partial charge in [0.15, 0.2) is 5.13 Å². The lowest BCUT2D eigenvalue weighted by Crippen LogP contribution is -2.83. The van der Waals surface area contributed by atoms with E-state index in [1.807, 2.05) is 24.3 Å². The summed E-state index contributed by atoms with van der Waals surface area (Å²) in [6.07, 6.45) is 0. The number of anilines is 2. The van der Waals surface area contributed by atoms with Gasteiger partial charge in [0.1, 0.15) is 24.0 Å². The minimum absolute atomic E-state index is 0.287. The van der Waals surface area contributed by atoms with Crippen molar-refractivity contribution in [3.63, 3.8) is 0 Å². The zero-order chi connectivity index (χ0) is 20.1. The Balaban J connectivity index is 1.43. The van der Waals surface area contributed by atoms with Gasteiger partial charge in [-0.25, -0.2) is 4.98 Å². The first-order valence-corrected chi connectivity index (χ1v) is 11.3. The number of ether oxygens (including phenoxy) is 1. The molecule has 0 saturated heterocycles. The van der Waals surface area contributed by atoms with Crippen LogP contribution in [0.3, 0.4) is 0 Å². The van der Waals surface area contributed by atoms with E-state index in [4.69, 9.17) is 9.72 Å². The number of hydrogen-bond donors (Lipinski definition) is 2. The standard InChI is InChI=1S/C23H23N3OS2/c1-16-5-7-17(8-6-16)22(21-4-3-13-28-21)24-14-19-15-29-23(26-19)25-18-9-11-20(27-2)12-10-18/h3-13,15,22,24H,14H2,1-2H3,(H,25,26)/p+1/t22-/m0/s1. The van der Waals surface area contributed by atoms with E-state index in [-0.39, 0.29) is 6.04 Å². The molecular weight excluding hydrogens is 398 g/mol. The molecule has 3 N–H and O–H groups in total. The fourth-order valence-corrected chi connectivity index (χ4v) is 4.75. The molecule has 148 valence electrons. The van der Waals surface area contributed by atoms with Gasteiger partial charge in [0, 0.05) is 16.6 Å². The maximum atomic E-state index is 5.21. The second kappa shape index (κ2) is 9.22. The minimum atomic E-state index is 0.287. The summed E-state index contributed by atoms with van der Waals surface area (Å²) in [5.74, 6) is 0.848. The van der Waals surface area contributed by atoms with Crippen molar-refractivity contribution in [1.29, 1.82) is 0 Å². The first-order chi connectivity index (χ1) is 14.2. The third-order valence-electron chi connectivity index (χ3n) is 4.74. The molecule has 0 aliphatic rings. The molecule has 4 aromatic rings. The highest BCUT2D eigenvalue weighted by Gasteiger charge is 2.19. The number of aryl methyl sites for hydroxylation is 1. The molecule has 0 fully saturated rings. The molecule has 0 aliphatic carbocycles. The van der Waals surface area contributed by atoms with Crippen molar-refractivity contribution in [2.45, 2.75) is 19.5 Å². The van der Waals surface area contributed by atoms with Gasteiger partial charge in [0.05, 0.1) is 12.0 Å². The van der Waals surface area contributed by atoms with Gasteiger partial charge < -0.3 is 15.4 Å². The highest BCUT2D eigenvalue weighted by Crippen LogP contribution is 2.25. The number of nitrogens with one attached hydrogen (secondary N) is 1. The minimum Gasteiger partial charge on any atom is -0.497 e. The smallest absolute Gasteiger partial charge is 0.187 e. The van der Waals surface area contributed by atoms with Crippen molar-refractivity contribution < 1.29 is 10.1 Å². The van der Waals surface area contributed by atoms with Gasteiger partial charge in [-0.2, -0.15) is 0 Å². The number of hydrogen-bond acceptors (Lipinski definition) is 5. The third-order valence-corrected chi connectivity index (χ3v) is 6.50. The first-order valence-electron chi connectivity index (χ1n) is 9.50. The molecule has 29 heavy (non-hydrogen) atoms. The van der Waals surface area contributed by atoms with Crippen LogP contribution in [0.25, 0.3) is 0 Å². The molecule has 2 heterocycles. The number of nitrogens with zero attached hydrogens (tertiary/aromatic N) is 1.